The molecule has 1 aromatic rings. The summed E-state index contributed by atoms with van der Waals surface area (Å²) in [6.07, 6.45) is 3.22. The van der Waals surface area contributed by atoms with Gasteiger partial charge in [0.1, 0.15) is 0 Å². The highest BCUT2D eigenvalue weighted by Crippen LogP contribution is 2.22. The second kappa shape index (κ2) is 5.37. The quantitative estimate of drug-likeness (QED) is 0.818. The van der Waals surface area contributed by atoms with E-state index in [1.165, 1.54) is 17.9 Å². The Balaban J connectivity index is 1.67. The van der Waals surface area contributed by atoms with E-state index in [2.05, 4.69) is 28.1 Å². The Bertz CT molecular complexity index is 257. The molecule has 0 aliphatic carbocycles. The molecule has 0 saturated carbocycles. The van der Waals surface area contributed by atoms with Crippen LogP contribution in [0.1, 0.15) is 12.1 Å². The summed E-state index contributed by atoms with van der Waals surface area (Å²) in [6.45, 7) is 2.05. The van der Waals surface area contributed by atoms with E-state index in [9.17, 15) is 0 Å². The maximum absolute atomic E-state index is 4.28. The lowest BCUT2D eigenvalue weighted by Crippen LogP contribution is -2.22. The van der Waals surface area contributed by atoms with Gasteiger partial charge in [-0.1, -0.05) is 6.07 Å². The van der Waals surface area contributed by atoms with Crippen LogP contribution in [-0.2, 0) is 6.54 Å². The minimum atomic E-state index is 0.878. The average Bonchev–Trinajstić information content (AvgIpc) is 2.72. The van der Waals surface area contributed by atoms with E-state index in [1.807, 2.05) is 18.3 Å². The molecule has 1 aliphatic rings. The van der Waals surface area contributed by atoms with E-state index in [4.69, 9.17) is 0 Å². The van der Waals surface area contributed by atoms with Gasteiger partial charge in [-0.25, -0.2) is 0 Å². The molecule has 76 valence electrons. The lowest BCUT2D eigenvalue weighted by atomic mass is 10.1. The summed E-state index contributed by atoms with van der Waals surface area (Å²) < 4.78 is 0. The van der Waals surface area contributed by atoms with Crippen molar-refractivity contribution in [2.24, 2.45) is 5.92 Å². The second-order valence-corrected chi connectivity index (χ2v) is 4.83. The monoisotopic (exact) mass is 208 g/mol. The van der Waals surface area contributed by atoms with Crippen molar-refractivity contribution in [2.45, 2.75) is 13.0 Å². The Morgan fingerprint density at radius 3 is 3.21 bits per heavy atom. The fourth-order valence-corrected chi connectivity index (χ4v) is 2.94. The number of thioether (sulfide) groups is 1. The SMILES string of the molecule is c1ccc(CNCC2CCSC2)nc1. The molecular weight excluding hydrogens is 192 g/mol. The first kappa shape index (κ1) is 9.99. The highest BCUT2D eigenvalue weighted by atomic mass is 32.2. The minimum absolute atomic E-state index is 0.878. The molecule has 1 aliphatic heterocycles. The topological polar surface area (TPSA) is 24.9 Å². The van der Waals surface area contributed by atoms with Gasteiger partial charge in [0.2, 0.25) is 0 Å². The molecule has 2 nitrogen and oxygen atoms in total. The fourth-order valence-electron chi connectivity index (χ4n) is 1.65. The number of hydrogen-bond donors (Lipinski definition) is 1. The van der Waals surface area contributed by atoms with Crippen LogP contribution in [0.3, 0.4) is 0 Å². The summed E-state index contributed by atoms with van der Waals surface area (Å²) in [5, 5.41) is 3.47. The first-order valence-corrected chi connectivity index (χ1v) is 6.29. The van der Waals surface area contributed by atoms with Gasteiger partial charge in [-0.2, -0.15) is 11.8 Å². The smallest absolute Gasteiger partial charge is 0.0541 e. The second-order valence-electron chi connectivity index (χ2n) is 3.68. The number of rotatable bonds is 4. The van der Waals surface area contributed by atoms with Gasteiger partial charge in [-0.15, -0.1) is 0 Å². The molecule has 0 aromatic carbocycles. The molecule has 2 rings (SSSR count). The van der Waals surface area contributed by atoms with Gasteiger partial charge < -0.3 is 5.32 Å². The molecule has 0 amide bonds. The molecule has 1 atom stereocenters. The lowest BCUT2D eigenvalue weighted by molar-refractivity contribution is 0.520. The molecular formula is C11H16N2S. The van der Waals surface area contributed by atoms with Crippen LogP contribution in [0, 0.1) is 5.92 Å². The summed E-state index contributed by atoms with van der Waals surface area (Å²) in [5.41, 5.74) is 1.14. The third-order valence-corrected chi connectivity index (χ3v) is 3.72. The van der Waals surface area contributed by atoms with Crippen molar-refractivity contribution in [3.63, 3.8) is 0 Å². The zero-order chi connectivity index (χ0) is 9.64. The summed E-state index contributed by atoms with van der Waals surface area (Å²) in [7, 11) is 0. The van der Waals surface area contributed by atoms with Crippen LogP contribution < -0.4 is 5.32 Å². The summed E-state index contributed by atoms with van der Waals surface area (Å²) in [5.74, 6) is 3.55. The maximum Gasteiger partial charge on any atom is 0.0541 e. The predicted octanol–water partition coefficient (Wildman–Crippen LogP) is 1.92. The van der Waals surface area contributed by atoms with E-state index in [0.29, 0.717) is 0 Å². The summed E-state index contributed by atoms with van der Waals surface area (Å²) in [6, 6.07) is 6.06. The zero-order valence-electron chi connectivity index (χ0n) is 8.28. The van der Waals surface area contributed by atoms with Crippen LogP contribution >= 0.6 is 11.8 Å². The highest BCUT2D eigenvalue weighted by Gasteiger charge is 2.14. The molecule has 0 radical (unpaired) electrons. The largest absolute Gasteiger partial charge is 0.311 e. The zero-order valence-corrected chi connectivity index (χ0v) is 9.09. The Kier molecular flexibility index (Phi) is 3.83. The van der Waals surface area contributed by atoms with E-state index < -0.39 is 0 Å². The van der Waals surface area contributed by atoms with Crippen LogP contribution in [0.25, 0.3) is 0 Å². The van der Waals surface area contributed by atoms with Crippen LogP contribution in [-0.4, -0.2) is 23.0 Å². The van der Waals surface area contributed by atoms with Gasteiger partial charge in [0.25, 0.3) is 0 Å². The number of aromatic nitrogens is 1. The Labute approximate surface area is 89.5 Å². The predicted molar refractivity (Wildman–Crippen MR) is 61.4 cm³/mol. The Morgan fingerprint density at radius 1 is 1.50 bits per heavy atom. The maximum atomic E-state index is 4.28. The molecule has 1 aromatic heterocycles. The van der Waals surface area contributed by atoms with Crippen molar-refractivity contribution in [3.05, 3.63) is 30.1 Å². The third-order valence-electron chi connectivity index (χ3n) is 2.49. The van der Waals surface area contributed by atoms with Crippen molar-refractivity contribution in [1.82, 2.24) is 10.3 Å². The van der Waals surface area contributed by atoms with Crippen molar-refractivity contribution in [3.8, 4) is 0 Å². The third kappa shape index (κ3) is 3.00. The first-order chi connectivity index (χ1) is 6.95. The molecule has 14 heavy (non-hydrogen) atoms. The van der Waals surface area contributed by atoms with Crippen LogP contribution in [0.5, 0.6) is 0 Å². The molecule has 2 heterocycles. The number of nitrogens with one attached hydrogen (secondary N) is 1. The Hall–Kier alpha value is -0.540. The van der Waals surface area contributed by atoms with Gasteiger partial charge in [0.05, 0.1) is 5.69 Å². The van der Waals surface area contributed by atoms with Crippen molar-refractivity contribution >= 4 is 11.8 Å². The van der Waals surface area contributed by atoms with Crippen LogP contribution in [0.4, 0.5) is 0 Å². The van der Waals surface area contributed by atoms with E-state index in [-0.39, 0.29) is 0 Å². The van der Waals surface area contributed by atoms with E-state index >= 15 is 0 Å². The lowest BCUT2D eigenvalue weighted by Gasteiger charge is -2.09. The van der Waals surface area contributed by atoms with Crippen molar-refractivity contribution in [1.29, 1.82) is 0 Å². The molecule has 0 spiro atoms. The molecule has 1 N–H and O–H groups in total. The van der Waals surface area contributed by atoms with Gasteiger partial charge in [-0.05, 0) is 42.5 Å². The fraction of sp³-hybridized carbons (Fsp3) is 0.545. The van der Waals surface area contributed by atoms with E-state index in [0.717, 1.165) is 24.7 Å². The number of pyridine rings is 1. The number of hydrogen-bond acceptors (Lipinski definition) is 3. The number of nitrogens with zero attached hydrogens (tertiary/aromatic N) is 1. The van der Waals surface area contributed by atoms with Gasteiger partial charge in [0.15, 0.2) is 0 Å². The Morgan fingerprint density at radius 2 is 2.50 bits per heavy atom. The van der Waals surface area contributed by atoms with Crippen LogP contribution in [0.2, 0.25) is 0 Å². The van der Waals surface area contributed by atoms with E-state index in [1.54, 1.807) is 0 Å². The standard InChI is InChI=1S/C11H16N2S/c1-2-5-13-11(3-1)8-12-7-10-4-6-14-9-10/h1-3,5,10,12H,4,6-9H2. The van der Waals surface area contributed by atoms with Gasteiger partial charge in [-0.3, -0.25) is 4.98 Å². The molecule has 1 saturated heterocycles. The summed E-state index contributed by atoms with van der Waals surface area (Å²) in [4.78, 5) is 4.28. The normalized spacial score (nSPS) is 21.3. The van der Waals surface area contributed by atoms with Gasteiger partial charge >= 0.3 is 0 Å². The minimum Gasteiger partial charge on any atom is -0.311 e. The molecule has 1 unspecified atom stereocenters. The molecule has 3 heteroatoms. The van der Waals surface area contributed by atoms with Crippen LogP contribution in [0.15, 0.2) is 24.4 Å². The molecule has 0 bridgehead atoms. The average molecular weight is 208 g/mol. The van der Waals surface area contributed by atoms with Crippen molar-refractivity contribution in [2.75, 3.05) is 18.1 Å². The van der Waals surface area contributed by atoms with Gasteiger partial charge in [0, 0.05) is 12.7 Å². The summed E-state index contributed by atoms with van der Waals surface area (Å²) >= 11 is 2.07. The highest BCUT2D eigenvalue weighted by molar-refractivity contribution is 7.99. The molecule has 1 fully saturated rings. The first-order valence-electron chi connectivity index (χ1n) is 5.13. The van der Waals surface area contributed by atoms with Crippen molar-refractivity contribution < 1.29 is 0 Å².